The van der Waals surface area contributed by atoms with Crippen molar-refractivity contribution in [2.24, 2.45) is 11.1 Å². The zero-order valence-corrected chi connectivity index (χ0v) is 12.2. The molecule has 1 aliphatic carbocycles. The van der Waals surface area contributed by atoms with E-state index in [1.165, 1.54) is 42.1 Å². The molecule has 1 aromatic carbocycles. The summed E-state index contributed by atoms with van der Waals surface area (Å²) in [6.45, 7) is 2.37. The molecule has 0 amide bonds. The normalized spacial score (nSPS) is 21.1. The third-order valence-corrected chi connectivity index (χ3v) is 5.06. The van der Waals surface area contributed by atoms with E-state index in [4.69, 9.17) is 5.73 Å². The van der Waals surface area contributed by atoms with Crippen molar-refractivity contribution in [1.82, 2.24) is 0 Å². The summed E-state index contributed by atoms with van der Waals surface area (Å²) in [6, 6.07) is 8.71. The van der Waals surface area contributed by atoms with E-state index < -0.39 is 0 Å². The van der Waals surface area contributed by atoms with Gasteiger partial charge in [0.05, 0.1) is 0 Å². The maximum Gasteiger partial charge on any atom is 0.0207 e. The SMILES string of the molecule is CC1(C(N)Cc2ccccc2Br)CCCCC1. The van der Waals surface area contributed by atoms with Crippen molar-refractivity contribution in [3.05, 3.63) is 34.3 Å². The van der Waals surface area contributed by atoms with Crippen LogP contribution in [0.1, 0.15) is 44.6 Å². The van der Waals surface area contributed by atoms with Gasteiger partial charge >= 0.3 is 0 Å². The monoisotopic (exact) mass is 295 g/mol. The molecule has 0 radical (unpaired) electrons. The molecule has 0 saturated heterocycles. The van der Waals surface area contributed by atoms with Crippen molar-refractivity contribution in [2.45, 2.75) is 51.5 Å². The Morgan fingerprint density at radius 3 is 2.53 bits per heavy atom. The molecular weight excluding hydrogens is 274 g/mol. The van der Waals surface area contributed by atoms with E-state index >= 15 is 0 Å². The predicted octanol–water partition coefficient (Wildman–Crippen LogP) is 4.29. The van der Waals surface area contributed by atoms with Crippen LogP contribution in [0.15, 0.2) is 28.7 Å². The van der Waals surface area contributed by atoms with Gasteiger partial charge in [0.2, 0.25) is 0 Å². The molecule has 94 valence electrons. The zero-order chi connectivity index (χ0) is 12.3. The van der Waals surface area contributed by atoms with Crippen LogP contribution < -0.4 is 5.73 Å². The minimum Gasteiger partial charge on any atom is -0.327 e. The second-order valence-electron chi connectivity index (χ2n) is 5.62. The molecule has 1 fully saturated rings. The van der Waals surface area contributed by atoms with Crippen LogP contribution in [0, 0.1) is 5.41 Å². The molecule has 2 N–H and O–H groups in total. The first-order valence-corrected chi connectivity index (χ1v) is 7.40. The maximum absolute atomic E-state index is 6.46. The fourth-order valence-electron chi connectivity index (χ4n) is 2.88. The van der Waals surface area contributed by atoms with E-state index in [0.29, 0.717) is 5.41 Å². The van der Waals surface area contributed by atoms with Crippen molar-refractivity contribution in [1.29, 1.82) is 0 Å². The summed E-state index contributed by atoms with van der Waals surface area (Å²) in [6.07, 6.45) is 7.65. The van der Waals surface area contributed by atoms with Gasteiger partial charge in [-0.2, -0.15) is 0 Å². The molecule has 0 heterocycles. The van der Waals surface area contributed by atoms with Crippen LogP contribution in [0.3, 0.4) is 0 Å². The van der Waals surface area contributed by atoms with Gasteiger partial charge in [-0.15, -0.1) is 0 Å². The van der Waals surface area contributed by atoms with Crippen molar-refractivity contribution < 1.29 is 0 Å². The molecule has 0 bridgehead atoms. The first kappa shape index (κ1) is 13.1. The smallest absolute Gasteiger partial charge is 0.0207 e. The lowest BCUT2D eigenvalue weighted by atomic mass is 9.69. The Labute approximate surface area is 113 Å². The van der Waals surface area contributed by atoms with Gasteiger partial charge in [-0.1, -0.05) is 60.3 Å². The summed E-state index contributed by atoms with van der Waals surface area (Å²) in [5, 5.41) is 0. The molecule has 0 aliphatic heterocycles. The van der Waals surface area contributed by atoms with Gasteiger partial charge in [-0.3, -0.25) is 0 Å². The molecule has 1 aliphatic rings. The van der Waals surface area contributed by atoms with Crippen molar-refractivity contribution >= 4 is 15.9 Å². The fourth-order valence-corrected chi connectivity index (χ4v) is 3.32. The Balaban J connectivity index is 2.05. The maximum atomic E-state index is 6.46. The minimum atomic E-state index is 0.279. The van der Waals surface area contributed by atoms with Gasteiger partial charge in [0.25, 0.3) is 0 Å². The Morgan fingerprint density at radius 2 is 1.88 bits per heavy atom. The standard InChI is InChI=1S/C15H22BrN/c1-15(9-5-2-6-10-15)14(17)11-12-7-3-4-8-13(12)16/h3-4,7-8,14H,2,5-6,9-11,17H2,1H3. The number of hydrogen-bond acceptors (Lipinski definition) is 1. The highest BCUT2D eigenvalue weighted by molar-refractivity contribution is 9.10. The van der Waals surface area contributed by atoms with Crippen molar-refractivity contribution in [2.75, 3.05) is 0 Å². The van der Waals surface area contributed by atoms with Crippen LogP contribution in [0.4, 0.5) is 0 Å². The molecule has 1 unspecified atom stereocenters. The Morgan fingerprint density at radius 1 is 1.24 bits per heavy atom. The third-order valence-electron chi connectivity index (χ3n) is 4.29. The van der Waals surface area contributed by atoms with E-state index in [1.54, 1.807) is 0 Å². The third kappa shape index (κ3) is 3.11. The molecule has 1 aromatic rings. The summed E-state index contributed by atoms with van der Waals surface area (Å²) >= 11 is 3.61. The number of nitrogens with two attached hydrogens (primary N) is 1. The summed E-state index contributed by atoms with van der Waals surface area (Å²) < 4.78 is 1.19. The van der Waals surface area contributed by atoms with Gasteiger partial charge in [0.1, 0.15) is 0 Å². The lowest BCUT2D eigenvalue weighted by Gasteiger charge is -2.39. The fraction of sp³-hybridized carbons (Fsp3) is 0.600. The molecular formula is C15H22BrN. The highest BCUT2D eigenvalue weighted by atomic mass is 79.9. The number of rotatable bonds is 3. The minimum absolute atomic E-state index is 0.279. The molecule has 0 aromatic heterocycles. The highest BCUT2D eigenvalue weighted by Gasteiger charge is 2.33. The lowest BCUT2D eigenvalue weighted by molar-refractivity contribution is 0.168. The van der Waals surface area contributed by atoms with Crippen molar-refractivity contribution in [3.63, 3.8) is 0 Å². The number of benzene rings is 1. The van der Waals surface area contributed by atoms with E-state index in [0.717, 1.165) is 6.42 Å². The molecule has 1 atom stereocenters. The Hall–Kier alpha value is -0.340. The zero-order valence-electron chi connectivity index (χ0n) is 10.6. The van der Waals surface area contributed by atoms with Crippen LogP contribution in [0.25, 0.3) is 0 Å². The molecule has 17 heavy (non-hydrogen) atoms. The quantitative estimate of drug-likeness (QED) is 0.884. The molecule has 1 saturated carbocycles. The lowest BCUT2D eigenvalue weighted by Crippen LogP contribution is -2.42. The van der Waals surface area contributed by atoms with Gasteiger partial charge in [0, 0.05) is 10.5 Å². The topological polar surface area (TPSA) is 26.0 Å². The average molecular weight is 296 g/mol. The first-order valence-electron chi connectivity index (χ1n) is 6.61. The largest absolute Gasteiger partial charge is 0.327 e. The Bertz CT molecular complexity index is 369. The number of hydrogen-bond donors (Lipinski definition) is 1. The van der Waals surface area contributed by atoms with Crippen LogP contribution in [0.2, 0.25) is 0 Å². The predicted molar refractivity (Wildman–Crippen MR) is 77.0 cm³/mol. The Kier molecular flexibility index (Phi) is 4.26. The van der Waals surface area contributed by atoms with E-state index in [9.17, 15) is 0 Å². The average Bonchev–Trinajstić information content (AvgIpc) is 2.33. The molecule has 2 heteroatoms. The molecule has 1 nitrogen and oxygen atoms in total. The van der Waals surface area contributed by atoms with Crippen molar-refractivity contribution in [3.8, 4) is 0 Å². The highest BCUT2D eigenvalue weighted by Crippen LogP contribution is 2.39. The van der Waals surface area contributed by atoms with Gasteiger partial charge < -0.3 is 5.73 Å². The van der Waals surface area contributed by atoms with Gasteiger partial charge in [-0.25, -0.2) is 0 Å². The first-order chi connectivity index (χ1) is 8.12. The molecule has 2 rings (SSSR count). The van der Waals surface area contributed by atoms with Crippen LogP contribution in [0.5, 0.6) is 0 Å². The molecule has 0 spiro atoms. The van der Waals surface area contributed by atoms with E-state index in [-0.39, 0.29) is 6.04 Å². The van der Waals surface area contributed by atoms with Gasteiger partial charge in [0.15, 0.2) is 0 Å². The summed E-state index contributed by atoms with van der Waals surface area (Å²) in [4.78, 5) is 0. The second kappa shape index (κ2) is 5.53. The van der Waals surface area contributed by atoms with Crippen LogP contribution in [-0.4, -0.2) is 6.04 Å². The van der Waals surface area contributed by atoms with Crippen LogP contribution in [-0.2, 0) is 6.42 Å². The summed E-state index contributed by atoms with van der Waals surface area (Å²) in [5.74, 6) is 0. The van der Waals surface area contributed by atoms with E-state index in [2.05, 4.69) is 47.1 Å². The number of halogens is 1. The van der Waals surface area contributed by atoms with E-state index in [1.807, 2.05) is 0 Å². The van der Waals surface area contributed by atoms with Crippen LogP contribution >= 0.6 is 15.9 Å². The van der Waals surface area contributed by atoms with Gasteiger partial charge in [-0.05, 0) is 36.3 Å². The summed E-state index contributed by atoms with van der Waals surface area (Å²) in [7, 11) is 0. The summed E-state index contributed by atoms with van der Waals surface area (Å²) in [5.41, 5.74) is 8.14. The second-order valence-corrected chi connectivity index (χ2v) is 6.47.